The minimum atomic E-state index is -0.804. The molecule has 0 aliphatic heterocycles. The molecule has 2 aromatic carbocycles. The molecule has 0 amide bonds. The Morgan fingerprint density at radius 1 is 0.962 bits per heavy atom. The molecule has 4 aromatic rings. The van der Waals surface area contributed by atoms with E-state index in [-0.39, 0.29) is 0 Å². The first kappa shape index (κ1) is 17.7. The van der Waals surface area contributed by atoms with Crippen molar-refractivity contribution in [2.75, 3.05) is 0 Å². The van der Waals surface area contributed by atoms with Crippen molar-refractivity contribution in [2.45, 2.75) is 25.9 Å². The average molecular weight is 399 g/mol. The molecule has 1 nitrogen and oxygen atoms in total. The fourth-order valence-electron chi connectivity index (χ4n) is 3.04. The Balaban J connectivity index is 1.74. The molecule has 2 heterocycles. The van der Waals surface area contributed by atoms with E-state index >= 15 is 0 Å². The summed E-state index contributed by atoms with van der Waals surface area (Å²) >= 11 is 9.81. The Labute approximate surface area is 166 Å². The first-order valence-electron chi connectivity index (χ1n) is 8.50. The highest BCUT2D eigenvalue weighted by Gasteiger charge is 2.19. The summed E-state index contributed by atoms with van der Waals surface area (Å²) in [5.74, 6) is 0. The zero-order chi connectivity index (χ0) is 18.3. The van der Waals surface area contributed by atoms with Gasteiger partial charge in [0.15, 0.2) is 0 Å². The van der Waals surface area contributed by atoms with Crippen LogP contribution in [-0.4, -0.2) is 5.11 Å². The number of fused-ring (bicyclic) bond motifs is 1. The maximum atomic E-state index is 10.3. The van der Waals surface area contributed by atoms with Gasteiger partial charge in [-0.1, -0.05) is 48.0 Å². The highest BCUT2D eigenvalue weighted by Crippen LogP contribution is 2.40. The molecule has 0 spiro atoms. The molecule has 26 heavy (non-hydrogen) atoms. The van der Waals surface area contributed by atoms with Gasteiger partial charge in [-0.15, -0.1) is 22.7 Å². The molecule has 4 heteroatoms. The molecule has 0 bridgehead atoms. The van der Waals surface area contributed by atoms with E-state index in [1.54, 1.807) is 11.3 Å². The van der Waals surface area contributed by atoms with E-state index in [2.05, 4.69) is 36.4 Å². The molecule has 4 rings (SSSR count). The van der Waals surface area contributed by atoms with Crippen LogP contribution in [0.1, 0.15) is 29.2 Å². The van der Waals surface area contributed by atoms with Crippen LogP contribution in [0.5, 0.6) is 0 Å². The van der Waals surface area contributed by atoms with Crippen molar-refractivity contribution in [1.29, 1.82) is 0 Å². The van der Waals surface area contributed by atoms with Crippen molar-refractivity contribution in [3.8, 4) is 10.4 Å². The lowest BCUT2D eigenvalue weighted by Gasteiger charge is -2.14. The number of aliphatic hydroxyl groups is 1. The molecule has 0 radical (unpaired) electrons. The normalized spacial score (nSPS) is 12.0. The Hall–Kier alpha value is -1.65. The molecule has 0 saturated carbocycles. The van der Waals surface area contributed by atoms with Crippen molar-refractivity contribution < 1.29 is 5.11 Å². The number of benzene rings is 2. The summed E-state index contributed by atoms with van der Waals surface area (Å²) in [5, 5.41) is 12.3. The van der Waals surface area contributed by atoms with E-state index in [1.165, 1.54) is 25.4 Å². The molecular formula is C22H19ClOS2. The number of hydrogen-bond donors (Lipinski definition) is 1. The highest BCUT2D eigenvalue weighted by molar-refractivity contribution is 7.21. The molecule has 1 N–H and O–H groups in total. The zero-order valence-electron chi connectivity index (χ0n) is 14.6. The second-order valence-electron chi connectivity index (χ2n) is 6.93. The van der Waals surface area contributed by atoms with Crippen LogP contribution < -0.4 is 0 Å². The molecule has 0 unspecified atom stereocenters. The van der Waals surface area contributed by atoms with E-state index in [9.17, 15) is 5.11 Å². The third-order valence-electron chi connectivity index (χ3n) is 4.39. The highest BCUT2D eigenvalue weighted by atomic mass is 35.5. The van der Waals surface area contributed by atoms with E-state index in [1.807, 2.05) is 49.4 Å². The lowest BCUT2D eigenvalue weighted by Crippen LogP contribution is -2.12. The Morgan fingerprint density at radius 3 is 2.50 bits per heavy atom. The van der Waals surface area contributed by atoms with E-state index in [0.29, 0.717) is 0 Å². The topological polar surface area (TPSA) is 20.2 Å². The maximum absolute atomic E-state index is 10.3. The fourth-order valence-corrected chi connectivity index (χ4v) is 5.55. The summed E-state index contributed by atoms with van der Waals surface area (Å²) < 4.78 is 1.29. The predicted molar refractivity (Wildman–Crippen MR) is 115 cm³/mol. The van der Waals surface area contributed by atoms with Crippen LogP contribution in [0.4, 0.5) is 0 Å². The van der Waals surface area contributed by atoms with Gasteiger partial charge in [-0.3, -0.25) is 0 Å². The monoisotopic (exact) mass is 398 g/mol. The largest absolute Gasteiger partial charge is 0.385 e. The van der Waals surface area contributed by atoms with Gasteiger partial charge >= 0.3 is 0 Å². The second kappa shape index (κ2) is 6.82. The van der Waals surface area contributed by atoms with Crippen molar-refractivity contribution in [3.63, 3.8) is 0 Å². The second-order valence-corrected chi connectivity index (χ2v) is 9.56. The third kappa shape index (κ3) is 3.45. The molecule has 0 fully saturated rings. The molecular weight excluding hydrogens is 380 g/mol. The van der Waals surface area contributed by atoms with Gasteiger partial charge in [0.2, 0.25) is 0 Å². The maximum Gasteiger partial charge on any atom is 0.0932 e. The summed E-state index contributed by atoms with van der Waals surface area (Å²) in [5.41, 5.74) is 1.59. The van der Waals surface area contributed by atoms with Gasteiger partial charge in [-0.05, 0) is 49.1 Å². The minimum absolute atomic E-state index is 0.804. The molecule has 2 aromatic heterocycles. The number of thiophene rings is 2. The first-order chi connectivity index (χ1) is 12.4. The summed E-state index contributed by atoms with van der Waals surface area (Å²) in [7, 11) is 0. The minimum Gasteiger partial charge on any atom is -0.385 e. The van der Waals surface area contributed by atoms with Crippen LogP contribution in [0.25, 0.3) is 20.5 Å². The van der Waals surface area contributed by atoms with E-state index in [4.69, 9.17) is 11.6 Å². The van der Waals surface area contributed by atoms with Crippen molar-refractivity contribution in [1.82, 2.24) is 0 Å². The summed E-state index contributed by atoms with van der Waals surface area (Å²) in [6, 6.07) is 20.9. The van der Waals surface area contributed by atoms with Gasteiger partial charge in [0, 0.05) is 36.3 Å². The Bertz CT molecular complexity index is 1070. The molecule has 0 aliphatic carbocycles. The first-order valence-corrected chi connectivity index (χ1v) is 10.5. The van der Waals surface area contributed by atoms with Gasteiger partial charge in [0.25, 0.3) is 0 Å². The summed E-state index contributed by atoms with van der Waals surface area (Å²) in [6.45, 7) is 3.66. The average Bonchev–Trinajstić information content (AvgIpc) is 3.22. The van der Waals surface area contributed by atoms with Crippen molar-refractivity contribution >= 4 is 44.4 Å². The SMILES string of the molecule is CC(C)(O)c1ccc(-c2cccc3cc(Cc4ccccc4Cl)sc23)s1. The number of halogens is 1. The predicted octanol–water partition coefficient (Wildman–Crippen LogP) is 7.10. The fraction of sp³-hybridized carbons (Fsp3) is 0.182. The Kier molecular flexibility index (Phi) is 4.66. The lowest BCUT2D eigenvalue weighted by molar-refractivity contribution is 0.0825. The zero-order valence-corrected chi connectivity index (χ0v) is 17.0. The molecule has 132 valence electrons. The summed E-state index contributed by atoms with van der Waals surface area (Å²) in [6.07, 6.45) is 0.845. The van der Waals surface area contributed by atoms with Crippen LogP contribution in [0.15, 0.2) is 60.7 Å². The molecule has 0 saturated heterocycles. The van der Waals surface area contributed by atoms with Crippen LogP contribution >= 0.6 is 34.3 Å². The summed E-state index contributed by atoms with van der Waals surface area (Å²) in [4.78, 5) is 3.48. The molecule has 0 aliphatic rings. The third-order valence-corrected chi connectivity index (χ3v) is 7.38. The smallest absolute Gasteiger partial charge is 0.0932 e. The van der Waals surface area contributed by atoms with Gasteiger partial charge in [0.05, 0.1) is 5.60 Å². The quantitative estimate of drug-likeness (QED) is 0.388. The molecule has 0 atom stereocenters. The van der Waals surface area contributed by atoms with Gasteiger partial charge in [-0.25, -0.2) is 0 Å². The number of hydrogen-bond acceptors (Lipinski definition) is 3. The van der Waals surface area contributed by atoms with Crippen LogP contribution in [0.2, 0.25) is 5.02 Å². The van der Waals surface area contributed by atoms with Crippen LogP contribution in [0.3, 0.4) is 0 Å². The lowest BCUT2D eigenvalue weighted by atomic mass is 10.1. The van der Waals surface area contributed by atoms with Gasteiger partial charge in [-0.2, -0.15) is 0 Å². The standard InChI is InChI=1S/C22H19ClOS2/c1-22(2,24)20-11-10-19(26-20)17-8-5-7-15-13-16(25-21(15)17)12-14-6-3-4-9-18(14)23/h3-11,13,24H,12H2,1-2H3. The number of rotatable bonds is 4. The van der Waals surface area contributed by atoms with Crippen molar-refractivity contribution in [2.24, 2.45) is 0 Å². The van der Waals surface area contributed by atoms with E-state index < -0.39 is 5.60 Å². The Morgan fingerprint density at radius 2 is 1.77 bits per heavy atom. The van der Waals surface area contributed by atoms with Gasteiger partial charge in [0.1, 0.15) is 0 Å². The van der Waals surface area contributed by atoms with Gasteiger partial charge < -0.3 is 5.11 Å². The van der Waals surface area contributed by atoms with Crippen LogP contribution in [0, 0.1) is 0 Å². The van der Waals surface area contributed by atoms with E-state index in [0.717, 1.165) is 21.9 Å². The van der Waals surface area contributed by atoms with Crippen molar-refractivity contribution in [3.05, 3.63) is 81.0 Å². The van der Waals surface area contributed by atoms with Crippen LogP contribution in [-0.2, 0) is 12.0 Å².